The van der Waals surface area contributed by atoms with E-state index in [0.29, 0.717) is 48.0 Å². The molecule has 0 aliphatic heterocycles. The lowest BCUT2D eigenvalue weighted by atomic mass is 9.81. The number of hydrogen-bond donors (Lipinski definition) is 1. The van der Waals surface area contributed by atoms with Gasteiger partial charge in [0, 0.05) is 42.1 Å². The average Bonchev–Trinajstić information content (AvgIpc) is 3.33. The number of alkyl halides is 2. The van der Waals surface area contributed by atoms with Gasteiger partial charge in [-0.05, 0) is 90.2 Å². The summed E-state index contributed by atoms with van der Waals surface area (Å²) in [6, 6.07) is 4.38. The van der Waals surface area contributed by atoms with Gasteiger partial charge in [-0.2, -0.15) is 0 Å². The molecule has 1 amide bonds. The predicted molar refractivity (Wildman–Crippen MR) is 157 cm³/mol. The van der Waals surface area contributed by atoms with Gasteiger partial charge in [-0.25, -0.2) is 18.6 Å². The third-order valence-corrected chi connectivity index (χ3v) is 8.90. The quantitative estimate of drug-likeness (QED) is 0.334. The Hall–Kier alpha value is -2.99. The van der Waals surface area contributed by atoms with Gasteiger partial charge in [0.05, 0.1) is 10.6 Å². The lowest BCUT2D eigenvalue weighted by Gasteiger charge is -2.39. The number of nitrogens with zero attached hydrogens (tertiary/aromatic N) is 2. The van der Waals surface area contributed by atoms with Crippen LogP contribution in [-0.4, -0.2) is 34.1 Å². The molecule has 0 spiro atoms. The van der Waals surface area contributed by atoms with Crippen molar-refractivity contribution in [3.63, 3.8) is 0 Å². The Morgan fingerprint density at radius 3 is 2.24 bits per heavy atom. The van der Waals surface area contributed by atoms with Crippen LogP contribution in [-0.2, 0) is 10.7 Å². The Morgan fingerprint density at radius 1 is 1.05 bits per heavy atom. The highest BCUT2D eigenvalue weighted by Gasteiger charge is 2.38. The highest BCUT2D eigenvalue weighted by Crippen LogP contribution is 2.39. The lowest BCUT2D eigenvalue weighted by Crippen LogP contribution is -2.47. The van der Waals surface area contributed by atoms with E-state index in [1.807, 2.05) is 20.8 Å². The van der Waals surface area contributed by atoms with Gasteiger partial charge in [0.25, 0.3) is 5.92 Å². The van der Waals surface area contributed by atoms with Crippen molar-refractivity contribution >= 4 is 28.9 Å². The molecule has 41 heavy (non-hydrogen) atoms. The number of hydrogen-bond acceptors (Lipinski definition) is 5. The number of amides is 1. The number of pyridine rings is 1. The summed E-state index contributed by atoms with van der Waals surface area (Å²) >= 11 is 1.12. The van der Waals surface area contributed by atoms with Gasteiger partial charge in [-0.1, -0.05) is 18.8 Å². The molecule has 2 aromatic heterocycles. The summed E-state index contributed by atoms with van der Waals surface area (Å²) < 4.78 is 33.1. The molecular formula is C32H40F2N2O4S. The lowest BCUT2D eigenvalue weighted by molar-refractivity contribution is -0.124. The monoisotopic (exact) mass is 586 g/mol. The van der Waals surface area contributed by atoms with Crippen LogP contribution >= 0.6 is 11.3 Å². The van der Waals surface area contributed by atoms with E-state index in [9.17, 15) is 23.5 Å². The summed E-state index contributed by atoms with van der Waals surface area (Å²) in [6.07, 6.45) is 7.05. The summed E-state index contributed by atoms with van der Waals surface area (Å²) in [5, 5.41) is 10.1. The zero-order chi connectivity index (χ0) is 29.9. The normalized spacial score (nSPS) is 23.3. The Kier molecular flexibility index (Phi) is 9.42. The van der Waals surface area contributed by atoms with Crippen molar-refractivity contribution in [3.8, 4) is 17.7 Å². The fourth-order valence-corrected chi connectivity index (χ4v) is 6.37. The number of halogens is 2. The second kappa shape index (κ2) is 12.5. The standard InChI is InChI=1S/C32H40F2N2O4S/c1-20-6-8-21(9-7-20)29(37)36(26-18-25(16-17-31(2,3)4)41-28(26)30(38)39)23-11-13-24(14-12-23)40-27-15-10-22(19-35-27)32(5,33)34/h10,15,18-21,23-24H,6-9,11-14H2,1-5H3,(H,38,39)/t20?,21?,23-,24-. The van der Waals surface area contributed by atoms with Crippen molar-refractivity contribution in [2.24, 2.45) is 17.3 Å². The fraction of sp³-hybridized carbons (Fsp3) is 0.594. The number of aromatic nitrogens is 1. The van der Waals surface area contributed by atoms with Gasteiger partial charge < -0.3 is 14.7 Å². The van der Waals surface area contributed by atoms with E-state index in [1.165, 1.54) is 12.1 Å². The zero-order valence-corrected chi connectivity index (χ0v) is 25.3. The third kappa shape index (κ3) is 8.06. The number of ether oxygens (including phenoxy) is 1. The maximum absolute atomic E-state index is 14.1. The molecule has 0 atom stereocenters. The van der Waals surface area contributed by atoms with Crippen molar-refractivity contribution in [1.29, 1.82) is 0 Å². The van der Waals surface area contributed by atoms with E-state index in [-0.39, 0.29) is 39.8 Å². The molecule has 222 valence electrons. The first-order valence-electron chi connectivity index (χ1n) is 14.5. The Labute approximate surface area is 245 Å². The van der Waals surface area contributed by atoms with Gasteiger partial charge >= 0.3 is 5.97 Å². The number of rotatable bonds is 7. The summed E-state index contributed by atoms with van der Waals surface area (Å²) in [4.78, 5) is 33.0. The van der Waals surface area contributed by atoms with E-state index in [1.54, 1.807) is 11.0 Å². The molecule has 6 nitrogen and oxygen atoms in total. The molecule has 0 bridgehead atoms. The van der Waals surface area contributed by atoms with Gasteiger partial charge in [-0.3, -0.25) is 4.79 Å². The highest BCUT2D eigenvalue weighted by molar-refractivity contribution is 7.15. The van der Waals surface area contributed by atoms with Gasteiger partial charge in [0.1, 0.15) is 11.0 Å². The fourth-order valence-electron chi connectivity index (χ4n) is 5.53. The Bertz CT molecular complexity index is 1280. The number of carboxylic acids is 1. The second-order valence-corrected chi connectivity index (χ2v) is 13.7. The summed E-state index contributed by atoms with van der Waals surface area (Å²) in [5.41, 5.74) is 0.0233. The minimum atomic E-state index is -2.97. The van der Waals surface area contributed by atoms with Crippen molar-refractivity contribution in [3.05, 3.63) is 39.7 Å². The summed E-state index contributed by atoms with van der Waals surface area (Å²) in [6.45, 7) is 9.02. The molecule has 0 saturated heterocycles. The topological polar surface area (TPSA) is 79.7 Å². The van der Waals surface area contributed by atoms with Crippen LogP contribution in [0, 0.1) is 29.1 Å². The molecule has 2 heterocycles. The van der Waals surface area contributed by atoms with E-state index >= 15 is 0 Å². The average molecular weight is 587 g/mol. The zero-order valence-electron chi connectivity index (χ0n) is 24.5. The predicted octanol–water partition coefficient (Wildman–Crippen LogP) is 7.90. The molecule has 2 aromatic rings. The molecule has 0 unspecified atom stereocenters. The van der Waals surface area contributed by atoms with Gasteiger partial charge in [-0.15, -0.1) is 11.3 Å². The van der Waals surface area contributed by atoms with E-state index in [2.05, 4.69) is 23.7 Å². The van der Waals surface area contributed by atoms with E-state index in [0.717, 1.165) is 50.1 Å². The molecule has 1 N–H and O–H groups in total. The van der Waals surface area contributed by atoms with Crippen LogP contribution in [0.1, 0.15) is 106 Å². The number of carbonyl (C=O) groups excluding carboxylic acids is 1. The van der Waals surface area contributed by atoms with Gasteiger partial charge in [0.2, 0.25) is 11.8 Å². The summed E-state index contributed by atoms with van der Waals surface area (Å²) in [5.74, 6) is 3.00. The van der Waals surface area contributed by atoms with Crippen molar-refractivity contribution in [2.45, 2.75) is 104 Å². The second-order valence-electron chi connectivity index (χ2n) is 12.6. The third-order valence-electron chi connectivity index (χ3n) is 7.87. The maximum Gasteiger partial charge on any atom is 0.348 e. The van der Waals surface area contributed by atoms with Crippen LogP contribution in [0.5, 0.6) is 5.88 Å². The maximum atomic E-state index is 14.1. The Morgan fingerprint density at radius 2 is 1.71 bits per heavy atom. The van der Waals surface area contributed by atoms with Crippen LogP contribution in [0.15, 0.2) is 24.4 Å². The first-order chi connectivity index (χ1) is 19.2. The van der Waals surface area contributed by atoms with Crippen molar-refractivity contribution in [2.75, 3.05) is 4.90 Å². The summed E-state index contributed by atoms with van der Waals surface area (Å²) in [7, 11) is 0. The SMILES string of the molecule is CC1CCC(C(=O)N(c2cc(C#CC(C)(C)C)sc2C(=O)O)[C@H]2CC[C@H](Oc3ccc(C(C)(F)F)cn3)CC2)CC1. The van der Waals surface area contributed by atoms with E-state index < -0.39 is 11.9 Å². The first-order valence-corrected chi connectivity index (χ1v) is 15.3. The molecule has 4 rings (SSSR count). The molecule has 2 aliphatic rings. The van der Waals surface area contributed by atoms with Crippen LogP contribution in [0.25, 0.3) is 0 Å². The Balaban J connectivity index is 1.56. The minimum absolute atomic E-state index is 0.00496. The number of thiophene rings is 1. The number of carboxylic acid groups (broad SMARTS) is 1. The molecule has 2 saturated carbocycles. The number of anilines is 1. The number of carbonyl (C=O) groups is 2. The smallest absolute Gasteiger partial charge is 0.348 e. The van der Waals surface area contributed by atoms with Crippen LogP contribution < -0.4 is 9.64 Å². The van der Waals surface area contributed by atoms with Crippen LogP contribution in [0.4, 0.5) is 14.5 Å². The molecule has 2 aliphatic carbocycles. The van der Waals surface area contributed by atoms with Crippen LogP contribution in [0.3, 0.4) is 0 Å². The van der Waals surface area contributed by atoms with Crippen LogP contribution in [0.2, 0.25) is 0 Å². The molecule has 0 radical (unpaired) electrons. The van der Waals surface area contributed by atoms with Gasteiger partial charge in [0.15, 0.2) is 0 Å². The van der Waals surface area contributed by atoms with Crippen molar-refractivity contribution in [1.82, 2.24) is 4.98 Å². The highest BCUT2D eigenvalue weighted by atomic mass is 32.1. The molecule has 9 heteroatoms. The molecule has 0 aromatic carbocycles. The molecule has 2 fully saturated rings. The number of aromatic carboxylic acids is 1. The minimum Gasteiger partial charge on any atom is -0.477 e. The van der Waals surface area contributed by atoms with E-state index in [4.69, 9.17) is 4.74 Å². The first kappa shape index (κ1) is 31.0. The molecular weight excluding hydrogens is 546 g/mol. The van der Waals surface area contributed by atoms with Crippen molar-refractivity contribution < 1.29 is 28.2 Å². The largest absolute Gasteiger partial charge is 0.477 e.